The highest BCUT2D eigenvalue weighted by Gasteiger charge is 2.18. The molecule has 0 fully saturated rings. The normalized spacial score (nSPS) is 11.1. The summed E-state index contributed by atoms with van der Waals surface area (Å²) >= 11 is 5.81. The van der Waals surface area contributed by atoms with E-state index >= 15 is 0 Å². The maximum Gasteiger partial charge on any atom is 0.270 e. The molecule has 21 heavy (non-hydrogen) atoms. The van der Waals surface area contributed by atoms with Gasteiger partial charge in [-0.3, -0.25) is 14.8 Å². The van der Waals surface area contributed by atoms with Gasteiger partial charge < -0.3 is 5.73 Å². The van der Waals surface area contributed by atoms with Crippen LogP contribution in [0.5, 0.6) is 0 Å². The van der Waals surface area contributed by atoms with E-state index in [0.717, 1.165) is 6.07 Å². The second-order valence-electron chi connectivity index (χ2n) is 4.10. The van der Waals surface area contributed by atoms with Crippen molar-refractivity contribution in [2.45, 2.75) is 4.90 Å². The van der Waals surface area contributed by atoms with E-state index in [-0.39, 0.29) is 21.3 Å². The van der Waals surface area contributed by atoms with E-state index in [2.05, 4.69) is 4.72 Å². The fraction of sp³-hybridized carbons (Fsp3) is 0. The van der Waals surface area contributed by atoms with Crippen molar-refractivity contribution in [2.24, 2.45) is 0 Å². The third-order valence-electron chi connectivity index (χ3n) is 2.59. The maximum absolute atomic E-state index is 12.2. The molecule has 0 saturated carbocycles. The lowest BCUT2D eigenvalue weighted by Crippen LogP contribution is -2.13. The fourth-order valence-electron chi connectivity index (χ4n) is 1.57. The van der Waals surface area contributed by atoms with Crippen LogP contribution in [0.1, 0.15) is 0 Å². The molecule has 0 aliphatic heterocycles. The minimum Gasteiger partial charge on any atom is -0.398 e. The van der Waals surface area contributed by atoms with Crippen LogP contribution in [0, 0.1) is 10.1 Å². The van der Waals surface area contributed by atoms with Crippen LogP contribution in [0.4, 0.5) is 17.1 Å². The Balaban J connectivity index is 2.36. The highest BCUT2D eigenvalue weighted by molar-refractivity contribution is 7.92. The summed E-state index contributed by atoms with van der Waals surface area (Å²) in [6.07, 6.45) is 0. The summed E-state index contributed by atoms with van der Waals surface area (Å²) in [5.41, 5.74) is 5.74. The van der Waals surface area contributed by atoms with Crippen LogP contribution < -0.4 is 10.5 Å². The molecule has 0 bridgehead atoms. The van der Waals surface area contributed by atoms with Gasteiger partial charge in [0.05, 0.1) is 26.2 Å². The number of nitro benzene ring substituents is 1. The van der Waals surface area contributed by atoms with Crippen molar-refractivity contribution in [2.75, 3.05) is 10.5 Å². The molecule has 0 heterocycles. The van der Waals surface area contributed by atoms with E-state index < -0.39 is 14.9 Å². The summed E-state index contributed by atoms with van der Waals surface area (Å²) < 4.78 is 26.6. The number of anilines is 2. The molecule has 0 saturated heterocycles. The number of benzene rings is 2. The molecule has 0 aliphatic carbocycles. The number of non-ortho nitro benzene ring substituents is 1. The van der Waals surface area contributed by atoms with E-state index in [1.807, 2.05) is 0 Å². The molecule has 110 valence electrons. The lowest BCUT2D eigenvalue weighted by atomic mass is 10.3. The van der Waals surface area contributed by atoms with Crippen molar-refractivity contribution >= 4 is 38.7 Å². The van der Waals surface area contributed by atoms with Crippen molar-refractivity contribution in [3.8, 4) is 0 Å². The van der Waals surface area contributed by atoms with Gasteiger partial charge in [-0.25, -0.2) is 8.42 Å². The van der Waals surface area contributed by atoms with E-state index in [4.69, 9.17) is 17.3 Å². The first-order valence-electron chi connectivity index (χ1n) is 5.62. The molecule has 0 unspecified atom stereocenters. The molecule has 3 N–H and O–H groups in total. The van der Waals surface area contributed by atoms with Gasteiger partial charge in [-0.15, -0.1) is 0 Å². The molecule has 2 aromatic rings. The van der Waals surface area contributed by atoms with Crippen LogP contribution in [0.25, 0.3) is 0 Å². The second-order valence-corrected chi connectivity index (χ2v) is 6.19. The van der Waals surface area contributed by atoms with Crippen molar-refractivity contribution < 1.29 is 13.3 Å². The van der Waals surface area contributed by atoms with E-state index in [0.29, 0.717) is 5.69 Å². The minimum absolute atomic E-state index is 0.203. The van der Waals surface area contributed by atoms with Crippen LogP contribution >= 0.6 is 11.6 Å². The van der Waals surface area contributed by atoms with E-state index in [9.17, 15) is 18.5 Å². The molecule has 7 nitrogen and oxygen atoms in total. The number of nitrogen functional groups attached to an aromatic ring is 1. The topological polar surface area (TPSA) is 115 Å². The molecule has 0 aromatic heterocycles. The van der Waals surface area contributed by atoms with Gasteiger partial charge in [0, 0.05) is 12.1 Å². The van der Waals surface area contributed by atoms with E-state index in [1.54, 1.807) is 0 Å². The molecule has 0 spiro atoms. The molecule has 0 atom stereocenters. The van der Waals surface area contributed by atoms with Crippen molar-refractivity contribution in [3.63, 3.8) is 0 Å². The third kappa shape index (κ3) is 3.41. The number of nitrogens with one attached hydrogen (secondary N) is 1. The highest BCUT2D eigenvalue weighted by Crippen LogP contribution is 2.25. The Hall–Kier alpha value is -2.32. The molecule has 0 radical (unpaired) electrons. The zero-order valence-electron chi connectivity index (χ0n) is 10.5. The van der Waals surface area contributed by atoms with Gasteiger partial charge >= 0.3 is 0 Å². The molecular formula is C12H10ClN3O4S. The quantitative estimate of drug-likeness (QED) is 0.508. The van der Waals surface area contributed by atoms with Crippen molar-refractivity contribution in [1.82, 2.24) is 0 Å². The van der Waals surface area contributed by atoms with Crippen LogP contribution in [0.15, 0.2) is 47.4 Å². The average Bonchev–Trinajstić information content (AvgIpc) is 2.43. The SMILES string of the molecule is Nc1ccc(NS(=O)(=O)c2cccc([N+](=O)[O-])c2)cc1Cl. The van der Waals surface area contributed by atoms with Gasteiger partial charge in [-0.1, -0.05) is 17.7 Å². The first-order valence-corrected chi connectivity index (χ1v) is 7.48. The van der Waals surface area contributed by atoms with Gasteiger partial charge in [0.2, 0.25) is 0 Å². The summed E-state index contributed by atoms with van der Waals surface area (Å²) in [6.45, 7) is 0. The number of nitrogens with zero attached hydrogens (tertiary/aromatic N) is 1. The largest absolute Gasteiger partial charge is 0.398 e. The zero-order valence-corrected chi connectivity index (χ0v) is 12.1. The lowest BCUT2D eigenvalue weighted by molar-refractivity contribution is -0.385. The van der Waals surface area contributed by atoms with E-state index in [1.165, 1.54) is 36.4 Å². The number of hydrogen-bond acceptors (Lipinski definition) is 5. The standard InChI is InChI=1S/C12H10ClN3O4S/c13-11-6-8(4-5-12(11)14)15-21(19,20)10-3-1-2-9(7-10)16(17)18/h1-7,15H,14H2. The monoisotopic (exact) mass is 327 g/mol. The van der Waals surface area contributed by atoms with Gasteiger partial charge in [0.15, 0.2) is 0 Å². The fourth-order valence-corrected chi connectivity index (χ4v) is 2.84. The predicted molar refractivity (Wildman–Crippen MR) is 79.8 cm³/mol. The van der Waals surface area contributed by atoms with Gasteiger partial charge in [-0.05, 0) is 24.3 Å². The molecule has 2 aromatic carbocycles. The smallest absolute Gasteiger partial charge is 0.270 e. The molecule has 2 rings (SSSR count). The Morgan fingerprint density at radius 2 is 1.90 bits per heavy atom. The summed E-state index contributed by atoms with van der Waals surface area (Å²) in [4.78, 5) is 9.79. The predicted octanol–water partition coefficient (Wildman–Crippen LogP) is 2.63. The highest BCUT2D eigenvalue weighted by atomic mass is 35.5. The number of halogens is 1. The summed E-state index contributed by atoms with van der Waals surface area (Å²) in [6, 6.07) is 8.98. The van der Waals surface area contributed by atoms with Crippen LogP contribution in [-0.4, -0.2) is 13.3 Å². The number of nitro groups is 1. The zero-order chi connectivity index (χ0) is 15.6. The van der Waals surface area contributed by atoms with Gasteiger partial charge in [0.1, 0.15) is 0 Å². The van der Waals surface area contributed by atoms with Crippen molar-refractivity contribution in [3.05, 3.63) is 57.6 Å². The van der Waals surface area contributed by atoms with Crippen LogP contribution in [-0.2, 0) is 10.0 Å². The summed E-state index contributed by atoms with van der Waals surface area (Å²) in [5.74, 6) is 0. The Kier molecular flexibility index (Phi) is 4.01. The Morgan fingerprint density at radius 1 is 1.19 bits per heavy atom. The summed E-state index contributed by atoms with van der Waals surface area (Å²) in [5, 5.41) is 10.9. The van der Waals surface area contributed by atoms with Gasteiger partial charge in [0.25, 0.3) is 15.7 Å². The Bertz CT molecular complexity index is 808. The van der Waals surface area contributed by atoms with Crippen LogP contribution in [0.2, 0.25) is 5.02 Å². The lowest BCUT2D eigenvalue weighted by Gasteiger charge is -2.09. The molecule has 9 heteroatoms. The van der Waals surface area contributed by atoms with Gasteiger partial charge in [-0.2, -0.15) is 0 Å². The Labute approximate surface area is 125 Å². The first kappa shape index (κ1) is 15.1. The minimum atomic E-state index is -3.95. The Morgan fingerprint density at radius 3 is 2.52 bits per heavy atom. The number of hydrogen-bond donors (Lipinski definition) is 2. The summed E-state index contributed by atoms with van der Waals surface area (Å²) in [7, 11) is -3.95. The molecule has 0 amide bonds. The average molecular weight is 328 g/mol. The van der Waals surface area contributed by atoms with Crippen LogP contribution in [0.3, 0.4) is 0 Å². The number of rotatable bonds is 4. The first-order chi connectivity index (χ1) is 9.79. The second kappa shape index (κ2) is 5.58. The molecular weight excluding hydrogens is 318 g/mol. The molecule has 0 aliphatic rings. The third-order valence-corrected chi connectivity index (χ3v) is 4.30. The van der Waals surface area contributed by atoms with Crippen molar-refractivity contribution in [1.29, 1.82) is 0 Å². The maximum atomic E-state index is 12.2. The number of nitrogens with two attached hydrogens (primary N) is 1. The number of sulfonamides is 1.